The summed E-state index contributed by atoms with van der Waals surface area (Å²) in [5, 5.41) is 3.61. The molecule has 152 valence electrons. The largest absolute Gasteiger partial charge is 0.497 e. The van der Waals surface area contributed by atoms with Gasteiger partial charge in [-0.15, -0.1) is 0 Å². The van der Waals surface area contributed by atoms with Gasteiger partial charge in [0.05, 0.1) is 35.3 Å². The van der Waals surface area contributed by atoms with Crippen LogP contribution in [-0.2, 0) is 7.05 Å². The van der Waals surface area contributed by atoms with E-state index in [1.165, 1.54) is 4.68 Å². The first kappa shape index (κ1) is 19.4. The van der Waals surface area contributed by atoms with E-state index < -0.39 is 0 Å². The van der Waals surface area contributed by atoms with E-state index in [0.29, 0.717) is 22.7 Å². The van der Waals surface area contributed by atoms with Crippen molar-refractivity contribution in [3.05, 3.63) is 81.9 Å². The molecule has 0 aliphatic rings. The first-order chi connectivity index (χ1) is 14.4. The maximum Gasteiger partial charge on any atom is 0.295 e. The van der Waals surface area contributed by atoms with Crippen LogP contribution in [0.1, 0.15) is 21.7 Å². The number of hydrogen-bond acceptors (Lipinski definition) is 4. The third-order valence-corrected chi connectivity index (χ3v) is 5.25. The number of fused-ring (bicyclic) bond motifs is 1. The Morgan fingerprint density at radius 1 is 1.07 bits per heavy atom. The second-order valence-corrected chi connectivity index (χ2v) is 7.07. The van der Waals surface area contributed by atoms with Gasteiger partial charge in [-0.3, -0.25) is 19.3 Å². The summed E-state index contributed by atoms with van der Waals surface area (Å²) in [5.41, 5.74) is 3.09. The number of carbonyl (C=O) groups is 1. The summed E-state index contributed by atoms with van der Waals surface area (Å²) in [6.07, 6.45) is 0. The smallest absolute Gasteiger partial charge is 0.295 e. The monoisotopic (exact) mass is 402 g/mol. The Hall–Kier alpha value is -3.87. The van der Waals surface area contributed by atoms with E-state index in [4.69, 9.17) is 4.74 Å². The summed E-state index contributed by atoms with van der Waals surface area (Å²) >= 11 is 0. The molecule has 1 amide bonds. The molecule has 0 unspecified atom stereocenters. The van der Waals surface area contributed by atoms with Crippen LogP contribution < -0.4 is 15.6 Å². The molecule has 0 saturated carbocycles. The summed E-state index contributed by atoms with van der Waals surface area (Å²) in [6, 6.07) is 16.6. The lowest BCUT2D eigenvalue weighted by Crippen LogP contribution is -2.23. The Morgan fingerprint density at radius 3 is 2.50 bits per heavy atom. The van der Waals surface area contributed by atoms with Crippen LogP contribution in [0.2, 0.25) is 0 Å². The highest BCUT2D eigenvalue weighted by atomic mass is 16.5. The number of hydrogen-bond donors (Lipinski definition) is 1. The van der Waals surface area contributed by atoms with Crippen LogP contribution >= 0.6 is 0 Å². The molecule has 2 aromatic carbocycles. The predicted octanol–water partition coefficient (Wildman–Crippen LogP) is 3.60. The molecule has 0 saturated heterocycles. The Labute approximate surface area is 173 Å². The number of nitrogens with one attached hydrogen (secondary N) is 1. The molecule has 0 fully saturated rings. The van der Waals surface area contributed by atoms with Crippen molar-refractivity contribution < 1.29 is 9.53 Å². The van der Waals surface area contributed by atoms with E-state index in [0.717, 1.165) is 16.6 Å². The highest BCUT2D eigenvalue weighted by Crippen LogP contribution is 2.23. The number of para-hydroxylation sites is 1. The average Bonchev–Trinajstić information content (AvgIpc) is 2.96. The van der Waals surface area contributed by atoms with E-state index >= 15 is 0 Å². The second kappa shape index (κ2) is 7.51. The first-order valence-electron chi connectivity index (χ1n) is 9.51. The third kappa shape index (κ3) is 3.24. The van der Waals surface area contributed by atoms with Crippen molar-refractivity contribution >= 4 is 22.5 Å². The summed E-state index contributed by atoms with van der Waals surface area (Å²) < 4.78 is 8.49. The molecule has 4 rings (SSSR count). The van der Waals surface area contributed by atoms with Crippen molar-refractivity contribution in [3.8, 4) is 11.4 Å². The summed E-state index contributed by atoms with van der Waals surface area (Å²) in [6.45, 7) is 3.57. The van der Waals surface area contributed by atoms with Crippen molar-refractivity contribution in [2.75, 3.05) is 12.4 Å². The van der Waals surface area contributed by atoms with Gasteiger partial charge in [-0.1, -0.05) is 18.2 Å². The Balaban J connectivity index is 1.73. The highest BCUT2D eigenvalue weighted by molar-refractivity contribution is 6.07. The van der Waals surface area contributed by atoms with Gasteiger partial charge in [-0.2, -0.15) is 0 Å². The number of carbonyl (C=O) groups excluding carboxylic acids is 1. The molecular formula is C23H22N4O3. The molecule has 0 radical (unpaired) electrons. The molecule has 30 heavy (non-hydrogen) atoms. The maximum absolute atomic E-state index is 13.0. The van der Waals surface area contributed by atoms with E-state index in [9.17, 15) is 9.59 Å². The molecule has 2 aromatic heterocycles. The Bertz CT molecular complexity index is 1320. The van der Waals surface area contributed by atoms with E-state index in [2.05, 4.69) is 10.3 Å². The number of benzene rings is 2. The lowest BCUT2D eigenvalue weighted by atomic mass is 10.1. The molecule has 1 N–H and O–H groups in total. The molecular weight excluding hydrogens is 380 g/mol. The van der Waals surface area contributed by atoms with Crippen LogP contribution in [0, 0.1) is 13.8 Å². The van der Waals surface area contributed by atoms with Gasteiger partial charge in [0.25, 0.3) is 11.5 Å². The minimum atomic E-state index is -0.372. The van der Waals surface area contributed by atoms with E-state index in [-0.39, 0.29) is 17.2 Å². The third-order valence-electron chi connectivity index (χ3n) is 5.25. The number of amides is 1. The maximum atomic E-state index is 13.0. The summed E-state index contributed by atoms with van der Waals surface area (Å²) in [7, 11) is 3.38. The molecule has 0 aliphatic heterocycles. The fourth-order valence-corrected chi connectivity index (χ4v) is 3.49. The van der Waals surface area contributed by atoms with Gasteiger partial charge in [-0.05, 0) is 44.2 Å². The number of anilines is 1. The topological polar surface area (TPSA) is 78.1 Å². The van der Waals surface area contributed by atoms with Gasteiger partial charge in [0.2, 0.25) is 0 Å². The molecule has 2 heterocycles. The fourth-order valence-electron chi connectivity index (χ4n) is 3.49. The standard InChI is InChI=1S/C23H22N4O3/c1-14-19(12-16-10-11-18(30-4)13-20(16)24-14)22(28)25-21-15(2)26(3)27(23(21)29)17-8-6-5-7-9-17/h5-13H,1-4H3,(H,25,28). The molecule has 7 heteroatoms. The molecule has 7 nitrogen and oxygen atoms in total. The fraction of sp³-hybridized carbons (Fsp3) is 0.174. The van der Waals surface area contributed by atoms with Gasteiger partial charge in [-0.25, -0.2) is 4.68 Å². The van der Waals surface area contributed by atoms with Crippen LogP contribution in [0.5, 0.6) is 5.75 Å². The van der Waals surface area contributed by atoms with E-state index in [1.807, 2.05) is 48.5 Å². The van der Waals surface area contributed by atoms with Crippen LogP contribution in [0.4, 0.5) is 5.69 Å². The van der Waals surface area contributed by atoms with Crippen LogP contribution in [0.15, 0.2) is 59.4 Å². The quantitative estimate of drug-likeness (QED) is 0.566. The first-order valence-corrected chi connectivity index (χ1v) is 9.51. The zero-order valence-electron chi connectivity index (χ0n) is 17.3. The number of nitrogens with zero attached hydrogens (tertiary/aromatic N) is 3. The highest BCUT2D eigenvalue weighted by Gasteiger charge is 2.20. The van der Waals surface area contributed by atoms with Crippen LogP contribution in [-0.4, -0.2) is 27.4 Å². The van der Waals surface area contributed by atoms with Crippen molar-refractivity contribution in [3.63, 3.8) is 0 Å². The molecule has 0 aliphatic carbocycles. The number of pyridine rings is 1. The summed E-state index contributed by atoms with van der Waals surface area (Å²) in [5.74, 6) is 0.330. The Kier molecular flexibility index (Phi) is 4.87. The van der Waals surface area contributed by atoms with Gasteiger partial charge in [0, 0.05) is 18.5 Å². The van der Waals surface area contributed by atoms with Crippen LogP contribution in [0.25, 0.3) is 16.6 Å². The van der Waals surface area contributed by atoms with Crippen molar-refractivity contribution in [2.45, 2.75) is 13.8 Å². The van der Waals surface area contributed by atoms with Crippen molar-refractivity contribution in [1.82, 2.24) is 14.3 Å². The lowest BCUT2D eigenvalue weighted by Gasteiger charge is -2.09. The van der Waals surface area contributed by atoms with Gasteiger partial charge in [0.15, 0.2) is 0 Å². The van der Waals surface area contributed by atoms with Crippen molar-refractivity contribution in [2.24, 2.45) is 7.05 Å². The van der Waals surface area contributed by atoms with Crippen molar-refractivity contribution in [1.29, 1.82) is 0 Å². The van der Waals surface area contributed by atoms with Crippen LogP contribution in [0.3, 0.4) is 0 Å². The number of aromatic nitrogens is 3. The van der Waals surface area contributed by atoms with Gasteiger partial charge >= 0.3 is 0 Å². The molecule has 0 atom stereocenters. The molecule has 0 spiro atoms. The minimum absolute atomic E-state index is 0.251. The lowest BCUT2D eigenvalue weighted by molar-refractivity contribution is 0.102. The average molecular weight is 402 g/mol. The van der Waals surface area contributed by atoms with E-state index in [1.54, 1.807) is 38.8 Å². The van der Waals surface area contributed by atoms with Gasteiger partial charge < -0.3 is 10.1 Å². The normalized spacial score (nSPS) is 10.9. The predicted molar refractivity (Wildman–Crippen MR) is 117 cm³/mol. The zero-order chi connectivity index (χ0) is 21.4. The molecule has 0 bridgehead atoms. The number of ether oxygens (including phenoxy) is 1. The minimum Gasteiger partial charge on any atom is -0.497 e. The number of rotatable bonds is 4. The Morgan fingerprint density at radius 2 is 1.80 bits per heavy atom. The summed E-state index contributed by atoms with van der Waals surface area (Å²) in [4.78, 5) is 30.6. The zero-order valence-corrected chi connectivity index (χ0v) is 17.3. The molecule has 4 aromatic rings. The SMILES string of the molecule is COc1ccc2cc(C(=O)Nc3c(C)n(C)n(-c4ccccc4)c3=O)c(C)nc2c1. The van der Waals surface area contributed by atoms with Gasteiger partial charge in [0.1, 0.15) is 11.4 Å². The number of methoxy groups -OCH3 is 1. The second-order valence-electron chi connectivity index (χ2n) is 7.07. The number of aryl methyl sites for hydroxylation is 1.